The van der Waals surface area contributed by atoms with Crippen molar-refractivity contribution in [2.75, 3.05) is 31.1 Å². The summed E-state index contributed by atoms with van der Waals surface area (Å²) < 4.78 is 3.45. The van der Waals surface area contributed by atoms with Gasteiger partial charge >= 0.3 is 0 Å². The van der Waals surface area contributed by atoms with Crippen molar-refractivity contribution in [2.24, 2.45) is 0 Å². The van der Waals surface area contributed by atoms with Crippen LogP contribution in [0.1, 0.15) is 11.1 Å². The number of nitrogens with zero attached hydrogens (tertiary/aromatic N) is 5. The molecule has 3 aromatic heterocycles. The maximum Gasteiger partial charge on any atom is 0.268 e. The lowest BCUT2D eigenvalue weighted by Crippen LogP contribution is -2.47. The molecule has 4 heterocycles. The molecule has 36 heavy (non-hydrogen) atoms. The number of anilines is 1. The van der Waals surface area contributed by atoms with Crippen LogP contribution in [0.2, 0.25) is 0 Å². The smallest absolute Gasteiger partial charge is 0.268 e. The van der Waals surface area contributed by atoms with Gasteiger partial charge in [-0.2, -0.15) is 0 Å². The topological polar surface area (TPSA) is 62.9 Å². The number of pyridine rings is 1. The van der Waals surface area contributed by atoms with Crippen LogP contribution in [0.3, 0.4) is 0 Å². The van der Waals surface area contributed by atoms with E-state index in [2.05, 4.69) is 40.6 Å². The SMILES string of the molecule is C=CCn1c(=O)cc(-c2c(N3CCN(Cc4ccccc4)CC3)nc3c(C)cccn3c2=O)sc1=S. The van der Waals surface area contributed by atoms with E-state index in [9.17, 15) is 9.59 Å². The number of fused-ring (bicyclic) bond motifs is 1. The van der Waals surface area contributed by atoms with Gasteiger partial charge in [0.15, 0.2) is 3.95 Å². The minimum atomic E-state index is -0.249. The molecule has 0 N–H and O–H groups in total. The molecule has 1 fully saturated rings. The second-order valence-electron chi connectivity index (χ2n) is 8.86. The van der Waals surface area contributed by atoms with Gasteiger partial charge in [-0.1, -0.05) is 42.5 Å². The molecule has 7 nitrogen and oxygen atoms in total. The number of aromatic nitrogens is 3. The molecule has 0 bridgehead atoms. The summed E-state index contributed by atoms with van der Waals surface area (Å²) in [6.45, 7) is 10.0. The van der Waals surface area contributed by atoms with Gasteiger partial charge in [-0.25, -0.2) is 4.98 Å². The van der Waals surface area contributed by atoms with Crippen molar-refractivity contribution in [3.05, 3.63) is 103 Å². The molecule has 1 aliphatic heterocycles. The number of hydrogen-bond acceptors (Lipinski definition) is 7. The van der Waals surface area contributed by atoms with Crippen LogP contribution in [-0.2, 0) is 13.1 Å². The zero-order chi connectivity index (χ0) is 25.2. The van der Waals surface area contributed by atoms with E-state index < -0.39 is 0 Å². The number of hydrogen-bond donors (Lipinski definition) is 0. The van der Waals surface area contributed by atoms with Crippen molar-refractivity contribution in [1.29, 1.82) is 0 Å². The molecule has 4 aromatic rings. The third kappa shape index (κ3) is 4.69. The summed E-state index contributed by atoms with van der Waals surface area (Å²) in [5.41, 5.74) is 2.80. The van der Waals surface area contributed by atoms with E-state index in [-0.39, 0.29) is 11.1 Å². The molecule has 9 heteroatoms. The van der Waals surface area contributed by atoms with Crippen LogP contribution < -0.4 is 16.0 Å². The Morgan fingerprint density at radius 3 is 2.53 bits per heavy atom. The Bertz CT molecular complexity index is 1570. The van der Waals surface area contributed by atoms with Crippen LogP contribution in [0.15, 0.2) is 77.0 Å². The van der Waals surface area contributed by atoms with E-state index in [4.69, 9.17) is 17.2 Å². The van der Waals surface area contributed by atoms with Crippen molar-refractivity contribution in [1.82, 2.24) is 18.9 Å². The normalized spacial score (nSPS) is 14.3. The first-order chi connectivity index (χ1) is 17.5. The van der Waals surface area contributed by atoms with E-state index >= 15 is 0 Å². The molecule has 0 atom stereocenters. The average molecular weight is 518 g/mol. The highest BCUT2D eigenvalue weighted by Gasteiger charge is 2.25. The fourth-order valence-electron chi connectivity index (χ4n) is 4.57. The van der Waals surface area contributed by atoms with Crippen LogP contribution in [0.4, 0.5) is 5.82 Å². The van der Waals surface area contributed by atoms with Gasteiger partial charge in [0.2, 0.25) is 0 Å². The molecule has 1 aliphatic rings. The van der Waals surface area contributed by atoms with Crippen LogP contribution in [0, 0.1) is 10.9 Å². The van der Waals surface area contributed by atoms with Crippen LogP contribution in [0.5, 0.6) is 0 Å². The van der Waals surface area contributed by atoms with Gasteiger partial charge < -0.3 is 4.90 Å². The molecule has 0 saturated carbocycles. The molecular formula is C27H27N5O2S2. The third-order valence-electron chi connectivity index (χ3n) is 6.45. The van der Waals surface area contributed by atoms with E-state index in [1.165, 1.54) is 27.5 Å². The molecule has 184 valence electrons. The predicted octanol–water partition coefficient (Wildman–Crippen LogP) is 4.13. The molecule has 1 saturated heterocycles. The number of piperazine rings is 1. The fraction of sp³-hybridized carbons (Fsp3) is 0.259. The first-order valence-corrected chi connectivity index (χ1v) is 13.1. The van der Waals surface area contributed by atoms with Gasteiger partial charge in [0, 0.05) is 51.5 Å². The van der Waals surface area contributed by atoms with Crippen LogP contribution in [0.25, 0.3) is 16.1 Å². The van der Waals surface area contributed by atoms with E-state index in [0.29, 0.717) is 32.4 Å². The monoisotopic (exact) mass is 517 g/mol. The third-order valence-corrected chi connectivity index (χ3v) is 7.85. The van der Waals surface area contributed by atoms with E-state index in [1.807, 2.05) is 25.1 Å². The van der Waals surface area contributed by atoms with E-state index in [0.717, 1.165) is 38.3 Å². The lowest BCUT2D eigenvalue weighted by atomic mass is 10.1. The predicted molar refractivity (Wildman–Crippen MR) is 149 cm³/mol. The van der Waals surface area contributed by atoms with Gasteiger partial charge in [-0.3, -0.25) is 23.5 Å². The van der Waals surface area contributed by atoms with Crippen molar-refractivity contribution in [2.45, 2.75) is 20.0 Å². The molecule has 0 spiro atoms. The summed E-state index contributed by atoms with van der Waals surface area (Å²) in [6, 6.07) is 15.7. The Labute approximate surface area is 218 Å². The Kier molecular flexibility index (Phi) is 6.95. The molecule has 0 aliphatic carbocycles. The lowest BCUT2D eigenvalue weighted by Gasteiger charge is -2.36. The summed E-state index contributed by atoms with van der Waals surface area (Å²) in [5.74, 6) is 0.611. The van der Waals surface area contributed by atoms with Crippen LogP contribution >= 0.6 is 23.6 Å². The maximum absolute atomic E-state index is 13.8. The zero-order valence-corrected chi connectivity index (χ0v) is 21.7. The Morgan fingerprint density at radius 1 is 1.08 bits per heavy atom. The lowest BCUT2D eigenvalue weighted by molar-refractivity contribution is 0.249. The second-order valence-corrected chi connectivity index (χ2v) is 10.5. The molecule has 5 rings (SSSR count). The Hall–Kier alpha value is -3.40. The van der Waals surface area contributed by atoms with Gasteiger partial charge in [0.05, 0.1) is 4.88 Å². The second kappa shape index (κ2) is 10.3. The Morgan fingerprint density at radius 2 is 1.83 bits per heavy atom. The standard InChI is InChI=1S/C27H27N5O2S2/c1-3-11-31-22(33)17-21(36-27(31)35)23-25(28-24-19(2)8-7-12-32(24)26(23)34)30-15-13-29(14-16-30)18-20-9-5-4-6-10-20/h3-10,12,17H,1,11,13-16,18H2,2H3. The van der Waals surface area contributed by atoms with Gasteiger partial charge in [0.1, 0.15) is 17.0 Å². The Balaban J connectivity index is 1.57. The molecule has 0 radical (unpaired) electrons. The van der Waals surface area contributed by atoms with E-state index in [1.54, 1.807) is 16.7 Å². The highest BCUT2D eigenvalue weighted by Crippen LogP contribution is 2.30. The van der Waals surface area contributed by atoms with Crippen molar-refractivity contribution in [3.8, 4) is 10.4 Å². The largest absolute Gasteiger partial charge is 0.353 e. The van der Waals surface area contributed by atoms with Crippen LogP contribution in [-0.4, -0.2) is 45.0 Å². The molecular weight excluding hydrogens is 490 g/mol. The molecule has 0 amide bonds. The summed E-state index contributed by atoms with van der Waals surface area (Å²) in [5, 5.41) is 0. The summed E-state index contributed by atoms with van der Waals surface area (Å²) in [4.78, 5) is 36.8. The molecule has 1 aromatic carbocycles. The maximum atomic E-state index is 13.8. The number of rotatable bonds is 6. The van der Waals surface area contributed by atoms with Crippen molar-refractivity contribution in [3.63, 3.8) is 0 Å². The summed E-state index contributed by atoms with van der Waals surface area (Å²) in [6.07, 6.45) is 3.36. The number of aryl methyl sites for hydroxylation is 1. The summed E-state index contributed by atoms with van der Waals surface area (Å²) in [7, 11) is 0. The number of benzene rings is 1. The van der Waals surface area contributed by atoms with Crippen molar-refractivity contribution >= 4 is 35.0 Å². The zero-order valence-electron chi connectivity index (χ0n) is 20.1. The highest BCUT2D eigenvalue weighted by molar-refractivity contribution is 7.73. The van der Waals surface area contributed by atoms with Crippen molar-refractivity contribution < 1.29 is 0 Å². The fourth-order valence-corrected chi connectivity index (χ4v) is 5.90. The first-order valence-electron chi connectivity index (χ1n) is 11.9. The minimum absolute atomic E-state index is 0.197. The summed E-state index contributed by atoms with van der Waals surface area (Å²) >= 11 is 6.77. The average Bonchev–Trinajstić information content (AvgIpc) is 2.88. The van der Waals surface area contributed by atoms with Gasteiger partial charge in [-0.05, 0) is 36.3 Å². The number of allylic oxidation sites excluding steroid dienone is 1. The molecule has 0 unspecified atom stereocenters. The minimum Gasteiger partial charge on any atom is -0.353 e. The van der Waals surface area contributed by atoms with Gasteiger partial charge in [-0.15, -0.1) is 17.9 Å². The highest BCUT2D eigenvalue weighted by atomic mass is 32.1. The first kappa shape index (κ1) is 24.3. The van der Waals surface area contributed by atoms with Gasteiger partial charge in [0.25, 0.3) is 11.1 Å². The quantitative estimate of drug-likeness (QED) is 0.283.